The number of benzene rings is 1. The number of nitrogens with one attached hydrogen (secondary N) is 1. The van der Waals surface area contributed by atoms with Crippen LogP contribution in [0.1, 0.15) is 43.7 Å². The highest BCUT2D eigenvalue weighted by Crippen LogP contribution is 2.32. The van der Waals surface area contributed by atoms with Gasteiger partial charge in [-0.1, -0.05) is 23.7 Å². The van der Waals surface area contributed by atoms with E-state index in [1.54, 1.807) is 0 Å². The zero-order chi connectivity index (χ0) is 16.1. The molecule has 0 bridgehead atoms. The minimum absolute atomic E-state index is 0.105. The van der Waals surface area contributed by atoms with Crippen molar-refractivity contribution in [2.75, 3.05) is 26.2 Å². The molecule has 1 amide bonds. The fourth-order valence-corrected chi connectivity index (χ4v) is 3.72. The van der Waals surface area contributed by atoms with Crippen molar-refractivity contribution in [1.82, 2.24) is 10.2 Å². The lowest BCUT2D eigenvalue weighted by Crippen LogP contribution is -2.42. The Bertz CT molecular complexity index is 532. The molecule has 1 aromatic rings. The van der Waals surface area contributed by atoms with E-state index in [4.69, 9.17) is 16.3 Å². The highest BCUT2D eigenvalue weighted by Gasteiger charge is 2.28. The van der Waals surface area contributed by atoms with Gasteiger partial charge in [0.25, 0.3) is 0 Å². The number of carbonyl (C=O) groups excluding carboxylic acids is 1. The van der Waals surface area contributed by atoms with Gasteiger partial charge in [-0.15, -0.1) is 0 Å². The van der Waals surface area contributed by atoms with Gasteiger partial charge in [0, 0.05) is 11.6 Å². The summed E-state index contributed by atoms with van der Waals surface area (Å²) in [4.78, 5) is 14.6. The number of carbonyl (C=O) groups is 1. The Morgan fingerprint density at radius 2 is 2.09 bits per heavy atom. The van der Waals surface area contributed by atoms with Crippen LogP contribution in [0.2, 0.25) is 5.02 Å². The molecule has 0 spiro atoms. The Morgan fingerprint density at radius 1 is 1.26 bits per heavy atom. The van der Waals surface area contributed by atoms with Crippen LogP contribution in [0.4, 0.5) is 0 Å². The van der Waals surface area contributed by atoms with Crippen LogP contribution >= 0.6 is 11.6 Å². The topological polar surface area (TPSA) is 41.6 Å². The van der Waals surface area contributed by atoms with Crippen molar-refractivity contribution in [2.45, 2.75) is 44.2 Å². The molecule has 0 aliphatic carbocycles. The summed E-state index contributed by atoms with van der Waals surface area (Å²) in [6.07, 6.45) is 5.41. The maximum atomic E-state index is 12.7. The molecular formula is C18H25ClN2O2. The molecule has 2 aliphatic rings. The maximum absolute atomic E-state index is 12.7. The minimum Gasteiger partial charge on any atom is -0.368 e. The van der Waals surface area contributed by atoms with Gasteiger partial charge >= 0.3 is 0 Å². The molecule has 1 unspecified atom stereocenters. The van der Waals surface area contributed by atoms with E-state index in [9.17, 15) is 4.79 Å². The van der Waals surface area contributed by atoms with E-state index in [1.807, 2.05) is 23.1 Å². The summed E-state index contributed by atoms with van der Waals surface area (Å²) >= 11 is 6.12. The molecule has 2 saturated heterocycles. The first-order chi connectivity index (χ1) is 11.2. The number of nitrogens with zero attached hydrogens (tertiary/aromatic N) is 1. The number of hydrogen-bond donors (Lipinski definition) is 1. The summed E-state index contributed by atoms with van der Waals surface area (Å²) in [7, 11) is 0. The van der Waals surface area contributed by atoms with Gasteiger partial charge in [0.2, 0.25) is 5.91 Å². The van der Waals surface area contributed by atoms with Crippen LogP contribution < -0.4 is 5.32 Å². The predicted octanol–water partition coefficient (Wildman–Crippen LogP) is 3.16. The van der Waals surface area contributed by atoms with Crippen LogP contribution in [0.5, 0.6) is 0 Å². The van der Waals surface area contributed by atoms with E-state index in [-0.39, 0.29) is 24.7 Å². The summed E-state index contributed by atoms with van der Waals surface area (Å²) in [6.45, 7) is 2.97. The van der Waals surface area contributed by atoms with Gasteiger partial charge in [0.1, 0.15) is 6.61 Å². The number of hydrogen-bond acceptors (Lipinski definition) is 3. The third-order valence-electron chi connectivity index (χ3n) is 4.79. The molecule has 2 aliphatic heterocycles. The van der Waals surface area contributed by atoms with Crippen LogP contribution in [0, 0.1) is 0 Å². The Labute approximate surface area is 143 Å². The van der Waals surface area contributed by atoms with Crippen molar-refractivity contribution in [3.8, 4) is 0 Å². The molecule has 126 valence electrons. The van der Waals surface area contributed by atoms with Crippen LogP contribution in [-0.2, 0) is 9.53 Å². The summed E-state index contributed by atoms with van der Waals surface area (Å²) in [5.74, 6) is 0.105. The summed E-state index contributed by atoms with van der Waals surface area (Å²) in [6, 6.07) is 8.01. The third kappa shape index (κ3) is 4.46. The van der Waals surface area contributed by atoms with Gasteiger partial charge in [-0.3, -0.25) is 4.79 Å². The number of amides is 1. The SMILES string of the molecule is O=C(COC1CCNCC1)N1CCCCC1c1cccc(Cl)c1. The zero-order valence-electron chi connectivity index (χ0n) is 13.5. The van der Waals surface area contributed by atoms with E-state index in [2.05, 4.69) is 11.4 Å². The fraction of sp³-hybridized carbons (Fsp3) is 0.611. The molecular weight excluding hydrogens is 312 g/mol. The van der Waals surface area contributed by atoms with Gasteiger partial charge in [0.05, 0.1) is 12.1 Å². The molecule has 1 N–H and O–H groups in total. The number of likely N-dealkylation sites (tertiary alicyclic amines) is 1. The Hall–Kier alpha value is -1.10. The Kier molecular flexibility index (Phi) is 5.92. The summed E-state index contributed by atoms with van der Waals surface area (Å²) in [5, 5.41) is 4.04. The van der Waals surface area contributed by atoms with Crippen molar-refractivity contribution in [1.29, 1.82) is 0 Å². The second-order valence-corrected chi connectivity index (χ2v) is 6.85. The van der Waals surface area contributed by atoms with Crippen molar-refractivity contribution in [2.24, 2.45) is 0 Å². The predicted molar refractivity (Wildman–Crippen MR) is 91.6 cm³/mol. The number of halogens is 1. The molecule has 1 aromatic carbocycles. The summed E-state index contributed by atoms with van der Waals surface area (Å²) < 4.78 is 5.85. The van der Waals surface area contributed by atoms with Gasteiger partial charge in [-0.2, -0.15) is 0 Å². The monoisotopic (exact) mass is 336 g/mol. The highest BCUT2D eigenvalue weighted by molar-refractivity contribution is 6.30. The maximum Gasteiger partial charge on any atom is 0.249 e. The van der Waals surface area contributed by atoms with Crippen molar-refractivity contribution in [3.05, 3.63) is 34.9 Å². The first kappa shape index (κ1) is 16.7. The number of piperidine rings is 2. The second kappa shape index (κ2) is 8.13. The van der Waals surface area contributed by atoms with Crippen LogP contribution in [0.3, 0.4) is 0 Å². The lowest BCUT2D eigenvalue weighted by molar-refractivity contribution is -0.142. The average Bonchev–Trinajstić information content (AvgIpc) is 2.60. The standard InChI is InChI=1S/C18H25ClN2O2/c19-15-5-3-4-14(12-15)17-6-1-2-11-21(17)18(22)13-23-16-7-9-20-10-8-16/h3-5,12,16-17,20H,1-2,6-11,13H2. The quantitative estimate of drug-likeness (QED) is 0.918. The lowest BCUT2D eigenvalue weighted by Gasteiger charge is -2.36. The van der Waals surface area contributed by atoms with E-state index >= 15 is 0 Å². The molecule has 2 heterocycles. The molecule has 0 saturated carbocycles. The fourth-order valence-electron chi connectivity index (χ4n) is 3.52. The van der Waals surface area contributed by atoms with E-state index in [1.165, 1.54) is 0 Å². The molecule has 2 fully saturated rings. The average molecular weight is 337 g/mol. The smallest absolute Gasteiger partial charge is 0.249 e. The molecule has 23 heavy (non-hydrogen) atoms. The Morgan fingerprint density at radius 3 is 2.87 bits per heavy atom. The van der Waals surface area contributed by atoms with Gasteiger partial charge in [-0.25, -0.2) is 0 Å². The van der Waals surface area contributed by atoms with Crippen LogP contribution in [0.15, 0.2) is 24.3 Å². The molecule has 0 radical (unpaired) electrons. The number of rotatable bonds is 4. The van der Waals surface area contributed by atoms with E-state index in [0.29, 0.717) is 0 Å². The van der Waals surface area contributed by atoms with Gasteiger partial charge < -0.3 is 15.0 Å². The number of ether oxygens (including phenoxy) is 1. The molecule has 3 rings (SSSR count). The largest absolute Gasteiger partial charge is 0.368 e. The molecule has 1 atom stereocenters. The lowest BCUT2D eigenvalue weighted by atomic mass is 9.95. The molecule has 5 heteroatoms. The molecule has 0 aromatic heterocycles. The third-order valence-corrected chi connectivity index (χ3v) is 5.02. The zero-order valence-corrected chi connectivity index (χ0v) is 14.2. The second-order valence-electron chi connectivity index (χ2n) is 6.41. The first-order valence-corrected chi connectivity index (χ1v) is 8.99. The van der Waals surface area contributed by atoms with Gasteiger partial charge in [-0.05, 0) is 62.9 Å². The van der Waals surface area contributed by atoms with Crippen LogP contribution in [-0.4, -0.2) is 43.2 Å². The van der Waals surface area contributed by atoms with E-state index < -0.39 is 0 Å². The van der Waals surface area contributed by atoms with Gasteiger partial charge in [0.15, 0.2) is 0 Å². The van der Waals surface area contributed by atoms with E-state index in [0.717, 1.165) is 62.3 Å². The Balaban J connectivity index is 1.62. The highest BCUT2D eigenvalue weighted by atomic mass is 35.5. The normalized spacial score (nSPS) is 23.0. The van der Waals surface area contributed by atoms with Crippen molar-refractivity contribution in [3.63, 3.8) is 0 Å². The van der Waals surface area contributed by atoms with Crippen molar-refractivity contribution < 1.29 is 9.53 Å². The minimum atomic E-state index is 0.105. The summed E-state index contributed by atoms with van der Waals surface area (Å²) in [5.41, 5.74) is 1.13. The first-order valence-electron chi connectivity index (χ1n) is 8.61. The van der Waals surface area contributed by atoms with Crippen molar-refractivity contribution >= 4 is 17.5 Å². The van der Waals surface area contributed by atoms with Crippen LogP contribution in [0.25, 0.3) is 0 Å². The molecule has 4 nitrogen and oxygen atoms in total.